The number of ether oxygens (including phenoxy) is 1. The number of alkyl halides is 4. The van der Waals surface area contributed by atoms with E-state index in [0.29, 0.717) is 12.4 Å². The number of halogens is 4. The summed E-state index contributed by atoms with van der Waals surface area (Å²) in [6.45, 7) is 4.29. The van der Waals surface area contributed by atoms with Gasteiger partial charge >= 0.3 is 6.36 Å². The summed E-state index contributed by atoms with van der Waals surface area (Å²) in [6, 6.07) is 0. The summed E-state index contributed by atoms with van der Waals surface area (Å²) in [5.74, 6) is 0.594. The SMILES string of the molecule is FC(F)(F)OCCN1CCCN(CCCl)CC1. The van der Waals surface area contributed by atoms with Gasteiger partial charge in [-0.25, -0.2) is 0 Å². The van der Waals surface area contributed by atoms with E-state index in [1.165, 1.54) is 0 Å². The summed E-state index contributed by atoms with van der Waals surface area (Å²) in [6.07, 6.45) is -3.56. The van der Waals surface area contributed by atoms with Gasteiger partial charge in [0.25, 0.3) is 0 Å². The molecule has 0 N–H and O–H groups in total. The molecular formula is C10H18ClF3N2O. The second kappa shape index (κ2) is 7.41. The fourth-order valence-electron chi connectivity index (χ4n) is 1.88. The van der Waals surface area contributed by atoms with Gasteiger partial charge in [-0.2, -0.15) is 0 Å². The predicted molar refractivity (Wildman–Crippen MR) is 60.2 cm³/mol. The van der Waals surface area contributed by atoms with Crippen molar-refractivity contribution in [1.82, 2.24) is 9.80 Å². The maximum Gasteiger partial charge on any atom is 0.522 e. The minimum atomic E-state index is -4.52. The molecular weight excluding hydrogens is 257 g/mol. The minimum Gasteiger partial charge on any atom is -0.301 e. The number of hydrogen-bond acceptors (Lipinski definition) is 3. The fraction of sp³-hybridized carbons (Fsp3) is 1.00. The highest BCUT2D eigenvalue weighted by Gasteiger charge is 2.29. The van der Waals surface area contributed by atoms with Crippen molar-refractivity contribution in [3.05, 3.63) is 0 Å². The van der Waals surface area contributed by atoms with Gasteiger partial charge < -0.3 is 4.90 Å². The zero-order valence-electron chi connectivity index (χ0n) is 9.68. The highest BCUT2D eigenvalue weighted by Crippen LogP contribution is 2.15. The largest absolute Gasteiger partial charge is 0.522 e. The van der Waals surface area contributed by atoms with Crippen molar-refractivity contribution in [2.75, 3.05) is 51.8 Å². The van der Waals surface area contributed by atoms with E-state index >= 15 is 0 Å². The van der Waals surface area contributed by atoms with Gasteiger partial charge in [0.1, 0.15) is 0 Å². The first-order chi connectivity index (χ1) is 8.01. The van der Waals surface area contributed by atoms with Crippen LogP contribution in [0.15, 0.2) is 0 Å². The second-order valence-corrected chi connectivity index (χ2v) is 4.40. The maximum atomic E-state index is 11.8. The number of rotatable bonds is 5. The molecule has 0 aromatic heterocycles. The smallest absolute Gasteiger partial charge is 0.301 e. The van der Waals surface area contributed by atoms with Crippen LogP contribution in [0.5, 0.6) is 0 Å². The molecule has 1 saturated heterocycles. The van der Waals surface area contributed by atoms with Gasteiger partial charge in [-0.05, 0) is 19.5 Å². The van der Waals surface area contributed by atoms with Crippen LogP contribution >= 0.6 is 11.6 Å². The predicted octanol–water partition coefficient (Wildman–Crippen LogP) is 1.77. The van der Waals surface area contributed by atoms with Crippen molar-refractivity contribution >= 4 is 11.6 Å². The molecule has 0 aliphatic carbocycles. The topological polar surface area (TPSA) is 15.7 Å². The standard InChI is InChI=1S/C10H18ClF3N2O/c11-2-5-15-3-1-4-16(7-6-15)8-9-17-10(12,13)14/h1-9H2. The molecule has 0 radical (unpaired) electrons. The number of nitrogens with zero attached hydrogens (tertiary/aromatic N) is 2. The third-order valence-electron chi connectivity index (χ3n) is 2.76. The summed E-state index contributed by atoms with van der Waals surface area (Å²) >= 11 is 5.66. The molecule has 0 aromatic rings. The average molecular weight is 275 g/mol. The zero-order valence-corrected chi connectivity index (χ0v) is 10.4. The van der Waals surface area contributed by atoms with E-state index in [-0.39, 0.29) is 6.61 Å². The molecule has 1 fully saturated rings. The van der Waals surface area contributed by atoms with E-state index in [1.807, 2.05) is 4.90 Å². The Morgan fingerprint density at radius 2 is 1.59 bits per heavy atom. The van der Waals surface area contributed by atoms with Crippen LogP contribution in [-0.2, 0) is 4.74 Å². The van der Waals surface area contributed by atoms with Crippen molar-refractivity contribution in [3.63, 3.8) is 0 Å². The fourth-order valence-corrected chi connectivity index (χ4v) is 2.12. The highest BCUT2D eigenvalue weighted by molar-refractivity contribution is 6.18. The van der Waals surface area contributed by atoms with Gasteiger partial charge in [-0.3, -0.25) is 9.64 Å². The Morgan fingerprint density at radius 3 is 2.12 bits per heavy atom. The van der Waals surface area contributed by atoms with Gasteiger partial charge in [0.2, 0.25) is 0 Å². The summed E-state index contributed by atoms with van der Waals surface area (Å²) in [7, 11) is 0. The molecule has 0 aromatic carbocycles. The molecule has 1 rings (SSSR count). The molecule has 17 heavy (non-hydrogen) atoms. The van der Waals surface area contributed by atoms with Gasteiger partial charge in [-0.1, -0.05) is 0 Å². The van der Waals surface area contributed by atoms with Gasteiger partial charge in [0.15, 0.2) is 0 Å². The van der Waals surface area contributed by atoms with E-state index < -0.39 is 6.36 Å². The summed E-state index contributed by atoms with van der Waals surface area (Å²) in [5.41, 5.74) is 0. The molecule has 0 saturated carbocycles. The van der Waals surface area contributed by atoms with Crippen LogP contribution in [0.25, 0.3) is 0 Å². The second-order valence-electron chi connectivity index (χ2n) is 4.02. The first kappa shape index (κ1) is 15.0. The van der Waals surface area contributed by atoms with Crippen molar-refractivity contribution < 1.29 is 17.9 Å². The van der Waals surface area contributed by atoms with Crippen molar-refractivity contribution in [2.24, 2.45) is 0 Å². The lowest BCUT2D eigenvalue weighted by Crippen LogP contribution is -2.34. The minimum absolute atomic E-state index is 0.293. The van der Waals surface area contributed by atoms with E-state index in [2.05, 4.69) is 9.64 Å². The lowest BCUT2D eigenvalue weighted by Gasteiger charge is -2.21. The van der Waals surface area contributed by atoms with E-state index in [9.17, 15) is 13.2 Å². The summed E-state index contributed by atoms with van der Waals surface area (Å²) < 4.78 is 39.1. The number of hydrogen-bond donors (Lipinski definition) is 0. The Labute approximate surface area is 104 Å². The molecule has 7 heteroatoms. The van der Waals surface area contributed by atoms with Crippen LogP contribution in [0.2, 0.25) is 0 Å². The first-order valence-corrected chi connectivity index (χ1v) is 6.26. The molecule has 3 nitrogen and oxygen atoms in total. The molecule has 1 aliphatic rings. The molecule has 0 atom stereocenters. The van der Waals surface area contributed by atoms with Crippen LogP contribution in [-0.4, -0.2) is 67.9 Å². The Hall–Kier alpha value is -0.0400. The molecule has 0 unspecified atom stereocenters. The third kappa shape index (κ3) is 7.08. The monoisotopic (exact) mass is 274 g/mol. The third-order valence-corrected chi connectivity index (χ3v) is 2.92. The Morgan fingerprint density at radius 1 is 1.00 bits per heavy atom. The average Bonchev–Trinajstić information content (AvgIpc) is 2.43. The molecule has 0 amide bonds. The van der Waals surface area contributed by atoms with Crippen molar-refractivity contribution in [1.29, 1.82) is 0 Å². The lowest BCUT2D eigenvalue weighted by atomic mass is 10.4. The maximum absolute atomic E-state index is 11.8. The van der Waals surface area contributed by atoms with Crippen LogP contribution in [0, 0.1) is 0 Å². The zero-order chi connectivity index (χ0) is 12.7. The molecule has 0 bridgehead atoms. The Balaban J connectivity index is 2.18. The summed E-state index contributed by atoms with van der Waals surface area (Å²) in [4.78, 5) is 4.23. The lowest BCUT2D eigenvalue weighted by molar-refractivity contribution is -0.325. The van der Waals surface area contributed by atoms with Crippen molar-refractivity contribution in [2.45, 2.75) is 12.8 Å². The van der Waals surface area contributed by atoms with Crippen LogP contribution in [0.1, 0.15) is 6.42 Å². The van der Waals surface area contributed by atoms with Crippen molar-refractivity contribution in [3.8, 4) is 0 Å². The normalized spacial score (nSPS) is 20.5. The van der Waals surface area contributed by atoms with Gasteiger partial charge in [-0.15, -0.1) is 24.8 Å². The molecule has 1 aliphatic heterocycles. The van der Waals surface area contributed by atoms with E-state index in [4.69, 9.17) is 11.6 Å². The molecule has 102 valence electrons. The van der Waals surface area contributed by atoms with Gasteiger partial charge in [0, 0.05) is 32.1 Å². The summed E-state index contributed by atoms with van der Waals surface area (Å²) in [5, 5.41) is 0. The van der Waals surface area contributed by atoms with Crippen LogP contribution < -0.4 is 0 Å². The van der Waals surface area contributed by atoms with Crippen LogP contribution in [0.3, 0.4) is 0 Å². The Bertz CT molecular complexity index is 216. The molecule has 1 heterocycles. The van der Waals surface area contributed by atoms with E-state index in [0.717, 1.165) is 39.1 Å². The van der Waals surface area contributed by atoms with Crippen LogP contribution in [0.4, 0.5) is 13.2 Å². The molecule has 0 spiro atoms. The first-order valence-electron chi connectivity index (χ1n) is 5.72. The Kier molecular flexibility index (Phi) is 6.54. The van der Waals surface area contributed by atoms with Gasteiger partial charge in [0.05, 0.1) is 6.61 Å². The van der Waals surface area contributed by atoms with E-state index in [1.54, 1.807) is 0 Å². The highest BCUT2D eigenvalue weighted by atomic mass is 35.5. The quantitative estimate of drug-likeness (QED) is 0.711.